The van der Waals surface area contributed by atoms with E-state index in [0.29, 0.717) is 12.4 Å². The van der Waals surface area contributed by atoms with Crippen molar-refractivity contribution in [2.45, 2.75) is 20.8 Å². The maximum atomic E-state index is 13.2. The van der Waals surface area contributed by atoms with Gasteiger partial charge in [-0.1, -0.05) is 26.8 Å². The molecule has 1 rings (SSSR count). The lowest BCUT2D eigenvalue weighted by molar-refractivity contribution is 0.198. The summed E-state index contributed by atoms with van der Waals surface area (Å²) in [6, 6.07) is 4.42. The highest BCUT2D eigenvalue weighted by Gasteiger charge is 2.14. The molecule has 15 heavy (non-hydrogen) atoms. The molecule has 0 N–H and O–H groups in total. The van der Waals surface area contributed by atoms with Crippen LogP contribution >= 0.6 is 0 Å². The molecule has 0 aliphatic heterocycles. The molecular formula is C12H14FNO. The summed E-state index contributed by atoms with van der Waals surface area (Å²) in [7, 11) is 0. The molecule has 0 spiro atoms. The second kappa shape index (κ2) is 4.31. The molecule has 1 aromatic carbocycles. The highest BCUT2D eigenvalue weighted by atomic mass is 19.1. The van der Waals surface area contributed by atoms with Crippen LogP contribution in [0.4, 0.5) is 10.1 Å². The van der Waals surface area contributed by atoms with Crippen LogP contribution in [0.1, 0.15) is 20.8 Å². The van der Waals surface area contributed by atoms with Gasteiger partial charge in [-0.15, -0.1) is 0 Å². The smallest absolute Gasteiger partial charge is 0.262 e. The number of hydrogen-bond donors (Lipinski definition) is 0. The van der Waals surface area contributed by atoms with Gasteiger partial charge in [-0.05, 0) is 17.5 Å². The van der Waals surface area contributed by atoms with E-state index in [1.54, 1.807) is 12.1 Å². The van der Waals surface area contributed by atoms with E-state index in [0.717, 1.165) is 0 Å². The van der Waals surface area contributed by atoms with Crippen molar-refractivity contribution in [1.29, 1.82) is 0 Å². The first kappa shape index (κ1) is 11.5. The topological polar surface area (TPSA) is 13.6 Å². The molecule has 0 atom stereocenters. The Hall–Kier alpha value is -1.56. The fraction of sp³-hybridized carbons (Fsp3) is 0.417. The number of ether oxygens (including phenoxy) is 1. The van der Waals surface area contributed by atoms with Gasteiger partial charge in [0.1, 0.15) is 11.6 Å². The number of hydrogen-bond acceptors (Lipinski definition) is 1. The Bertz CT molecular complexity index is 388. The standard InChI is InChI=1S/C12H14FNO/c1-12(2,3)8-15-10-7-5-6-9(13)11(10)14-4/h5-7H,8H2,1-3H3. The van der Waals surface area contributed by atoms with Crippen molar-refractivity contribution in [2.24, 2.45) is 5.41 Å². The minimum atomic E-state index is -0.531. The summed E-state index contributed by atoms with van der Waals surface area (Å²) < 4.78 is 18.6. The molecule has 0 fully saturated rings. The molecule has 0 aliphatic carbocycles. The maximum absolute atomic E-state index is 13.2. The van der Waals surface area contributed by atoms with E-state index in [1.165, 1.54) is 6.07 Å². The van der Waals surface area contributed by atoms with Crippen LogP contribution in [-0.4, -0.2) is 6.61 Å². The van der Waals surface area contributed by atoms with Gasteiger partial charge < -0.3 is 4.74 Å². The summed E-state index contributed by atoms with van der Waals surface area (Å²) in [5.41, 5.74) is -0.0484. The van der Waals surface area contributed by atoms with Crippen LogP contribution in [0.25, 0.3) is 4.85 Å². The number of para-hydroxylation sites is 1. The van der Waals surface area contributed by atoms with Gasteiger partial charge in [0.05, 0.1) is 13.2 Å². The van der Waals surface area contributed by atoms with E-state index in [9.17, 15) is 4.39 Å². The molecule has 0 amide bonds. The van der Waals surface area contributed by atoms with Crippen LogP contribution in [0.5, 0.6) is 5.75 Å². The zero-order valence-electron chi connectivity index (χ0n) is 9.17. The number of rotatable bonds is 2. The van der Waals surface area contributed by atoms with Crippen molar-refractivity contribution in [1.82, 2.24) is 0 Å². The molecular weight excluding hydrogens is 193 g/mol. The van der Waals surface area contributed by atoms with Crippen LogP contribution in [0.3, 0.4) is 0 Å². The molecule has 1 aromatic rings. The molecule has 2 nitrogen and oxygen atoms in total. The SMILES string of the molecule is [C-]#[N+]c1c(F)cccc1OCC(C)(C)C. The third-order valence-electron chi connectivity index (χ3n) is 1.72. The summed E-state index contributed by atoms with van der Waals surface area (Å²) in [5, 5.41) is 0. The van der Waals surface area contributed by atoms with E-state index in [4.69, 9.17) is 11.3 Å². The van der Waals surface area contributed by atoms with E-state index < -0.39 is 5.82 Å². The fourth-order valence-electron chi connectivity index (χ4n) is 1.01. The van der Waals surface area contributed by atoms with E-state index >= 15 is 0 Å². The van der Waals surface area contributed by atoms with Crippen LogP contribution in [0.2, 0.25) is 0 Å². The van der Waals surface area contributed by atoms with Gasteiger partial charge in [0.25, 0.3) is 5.69 Å². The fourth-order valence-corrected chi connectivity index (χ4v) is 1.01. The van der Waals surface area contributed by atoms with Crippen LogP contribution < -0.4 is 4.74 Å². The number of halogens is 1. The summed E-state index contributed by atoms with van der Waals surface area (Å²) in [6.45, 7) is 13.4. The van der Waals surface area contributed by atoms with Gasteiger partial charge in [-0.25, -0.2) is 9.24 Å². The van der Waals surface area contributed by atoms with Crippen molar-refractivity contribution in [3.8, 4) is 5.75 Å². The van der Waals surface area contributed by atoms with Crippen LogP contribution in [-0.2, 0) is 0 Å². The Morgan fingerprint density at radius 2 is 2.07 bits per heavy atom. The molecule has 0 heterocycles. The van der Waals surface area contributed by atoms with E-state index in [2.05, 4.69) is 4.85 Å². The Labute approximate surface area is 89.5 Å². The highest BCUT2D eigenvalue weighted by molar-refractivity contribution is 5.58. The molecule has 0 saturated heterocycles. The predicted octanol–water partition coefficient (Wildman–Crippen LogP) is 3.80. The van der Waals surface area contributed by atoms with E-state index in [-0.39, 0.29) is 11.1 Å². The van der Waals surface area contributed by atoms with Gasteiger partial charge in [-0.3, -0.25) is 0 Å². The Kier molecular flexibility index (Phi) is 3.31. The summed E-state index contributed by atoms with van der Waals surface area (Å²) >= 11 is 0. The zero-order chi connectivity index (χ0) is 11.5. The van der Waals surface area contributed by atoms with Crippen LogP contribution in [0.15, 0.2) is 18.2 Å². The number of benzene rings is 1. The molecule has 80 valence electrons. The molecule has 3 heteroatoms. The first-order chi connectivity index (χ1) is 6.94. The predicted molar refractivity (Wildman–Crippen MR) is 57.6 cm³/mol. The average molecular weight is 207 g/mol. The maximum Gasteiger partial charge on any atom is 0.262 e. The van der Waals surface area contributed by atoms with Crippen molar-refractivity contribution in [2.75, 3.05) is 6.61 Å². The molecule has 0 unspecified atom stereocenters. The minimum absolute atomic E-state index is 0.00832. The normalized spacial score (nSPS) is 10.9. The first-order valence-corrected chi connectivity index (χ1v) is 4.73. The molecule has 0 bridgehead atoms. The molecule has 0 aliphatic rings. The third-order valence-corrected chi connectivity index (χ3v) is 1.72. The lowest BCUT2D eigenvalue weighted by Crippen LogP contribution is -2.16. The van der Waals surface area contributed by atoms with Crippen molar-refractivity contribution in [3.63, 3.8) is 0 Å². The Morgan fingerprint density at radius 1 is 1.40 bits per heavy atom. The molecule has 0 aromatic heterocycles. The lowest BCUT2D eigenvalue weighted by atomic mass is 9.99. The minimum Gasteiger partial charge on any atom is -0.504 e. The molecule has 0 radical (unpaired) electrons. The Balaban J connectivity index is 2.87. The first-order valence-electron chi connectivity index (χ1n) is 4.73. The van der Waals surface area contributed by atoms with Crippen molar-refractivity contribution in [3.05, 3.63) is 35.4 Å². The quantitative estimate of drug-likeness (QED) is 0.672. The Morgan fingerprint density at radius 3 is 2.60 bits per heavy atom. The molecule has 0 saturated carbocycles. The summed E-state index contributed by atoms with van der Waals surface area (Å²) in [5.74, 6) is -0.212. The zero-order valence-corrected chi connectivity index (χ0v) is 9.17. The van der Waals surface area contributed by atoms with Gasteiger partial charge in [0, 0.05) is 0 Å². The summed E-state index contributed by atoms with van der Waals surface area (Å²) in [4.78, 5) is 3.12. The van der Waals surface area contributed by atoms with E-state index in [1.807, 2.05) is 20.8 Å². The van der Waals surface area contributed by atoms with Gasteiger partial charge in [-0.2, -0.15) is 0 Å². The second-order valence-corrected chi connectivity index (χ2v) is 4.55. The monoisotopic (exact) mass is 207 g/mol. The largest absolute Gasteiger partial charge is 0.504 e. The average Bonchev–Trinajstić information content (AvgIpc) is 2.13. The van der Waals surface area contributed by atoms with Crippen molar-refractivity contribution >= 4 is 5.69 Å². The second-order valence-electron chi connectivity index (χ2n) is 4.55. The third kappa shape index (κ3) is 3.25. The summed E-state index contributed by atoms with van der Waals surface area (Å²) in [6.07, 6.45) is 0. The van der Waals surface area contributed by atoms with Crippen LogP contribution in [0, 0.1) is 17.8 Å². The van der Waals surface area contributed by atoms with Gasteiger partial charge in [0.15, 0.2) is 0 Å². The van der Waals surface area contributed by atoms with Gasteiger partial charge in [0.2, 0.25) is 0 Å². The lowest BCUT2D eigenvalue weighted by Gasteiger charge is -2.19. The highest BCUT2D eigenvalue weighted by Crippen LogP contribution is 2.31. The van der Waals surface area contributed by atoms with Crippen molar-refractivity contribution < 1.29 is 9.13 Å². The van der Waals surface area contributed by atoms with Gasteiger partial charge >= 0.3 is 0 Å². The number of nitrogens with zero attached hydrogens (tertiary/aromatic N) is 1.